The highest BCUT2D eigenvalue weighted by atomic mass is 79.9. The van der Waals surface area contributed by atoms with Crippen LogP contribution in [-0.2, 0) is 4.74 Å². The topological polar surface area (TPSA) is 56.3 Å². The number of esters is 1. The molecule has 6 heteroatoms. The summed E-state index contributed by atoms with van der Waals surface area (Å²) in [4.78, 5) is 29.9. The Morgan fingerprint density at radius 1 is 0.933 bits per heavy atom. The number of carbonyl (C=O) groups excluding carboxylic acids is 2. The monoisotopic (exact) mass is 479 g/mol. The fraction of sp³-hybridized carbons (Fsp3) is 0.0417. The van der Waals surface area contributed by atoms with Gasteiger partial charge in [0.05, 0.1) is 16.8 Å². The second kappa shape index (κ2) is 8.78. The number of halogens is 2. The van der Waals surface area contributed by atoms with E-state index < -0.39 is 5.97 Å². The van der Waals surface area contributed by atoms with Crippen LogP contribution < -0.4 is 0 Å². The van der Waals surface area contributed by atoms with Crippen LogP contribution in [0.3, 0.4) is 0 Å². The van der Waals surface area contributed by atoms with Crippen molar-refractivity contribution in [2.45, 2.75) is 0 Å². The molecule has 0 N–H and O–H groups in total. The Kier molecular flexibility index (Phi) is 5.93. The third kappa shape index (κ3) is 4.27. The third-order valence-electron chi connectivity index (χ3n) is 4.59. The first-order chi connectivity index (χ1) is 14.5. The molecule has 148 valence electrons. The van der Waals surface area contributed by atoms with Gasteiger partial charge in [0.25, 0.3) is 0 Å². The van der Waals surface area contributed by atoms with E-state index in [0.29, 0.717) is 38.3 Å². The quantitative estimate of drug-likeness (QED) is 0.246. The van der Waals surface area contributed by atoms with Crippen LogP contribution in [0.1, 0.15) is 20.7 Å². The van der Waals surface area contributed by atoms with E-state index in [1.54, 1.807) is 42.5 Å². The summed E-state index contributed by atoms with van der Waals surface area (Å²) in [7, 11) is 0. The van der Waals surface area contributed by atoms with Crippen LogP contribution in [0.5, 0.6) is 0 Å². The molecule has 3 aromatic carbocycles. The maximum Gasteiger partial charge on any atom is 0.339 e. The molecule has 0 aliphatic carbocycles. The predicted octanol–water partition coefficient (Wildman–Crippen LogP) is 6.36. The van der Waals surface area contributed by atoms with Crippen molar-refractivity contribution >= 4 is 50.2 Å². The van der Waals surface area contributed by atoms with Crippen LogP contribution in [-0.4, -0.2) is 23.3 Å². The van der Waals surface area contributed by atoms with E-state index in [0.717, 1.165) is 4.47 Å². The zero-order chi connectivity index (χ0) is 21.1. The molecule has 1 heterocycles. The lowest BCUT2D eigenvalue weighted by Crippen LogP contribution is -2.15. The second-order valence-corrected chi connectivity index (χ2v) is 7.88. The number of ether oxygens (including phenoxy) is 1. The summed E-state index contributed by atoms with van der Waals surface area (Å²) < 4.78 is 6.21. The Morgan fingerprint density at radius 2 is 1.63 bits per heavy atom. The van der Waals surface area contributed by atoms with Crippen LogP contribution in [0.25, 0.3) is 22.2 Å². The van der Waals surface area contributed by atoms with Gasteiger partial charge in [0.2, 0.25) is 0 Å². The van der Waals surface area contributed by atoms with Gasteiger partial charge >= 0.3 is 5.97 Å². The van der Waals surface area contributed by atoms with Crippen molar-refractivity contribution in [1.82, 2.24) is 4.98 Å². The van der Waals surface area contributed by atoms with Gasteiger partial charge in [-0.15, -0.1) is 0 Å². The number of nitrogens with zero attached hydrogens (tertiary/aromatic N) is 1. The highest BCUT2D eigenvalue weighted by Gasteiger charge is 2.18. The Labute approximate surface area is 186 Å². The number of hydrogen-bond acceptors (Lipinski definition) is 4. The first-order valence-electron chi connectivity index (χ1n) is 9.13. The van der Waals surface area contributed by atoms with Crippen molar-refractivity contribution in [3.63, 3.8) is 0 Å². The number of rotatable bonds is 5. The van der Waals surface area contributed by atoms with E-state index in [-0.39, 0.29) is 12.4 Å². The van der Waals surface area contributed by atoms with E-state index in [1.807, 2.05) is 36.4 Å². The van der Waals surface area contributed by atoms with Crippen LogP contribution in [0.2, 0.25) is 5.02 Å². The molecule has 0 atom stereocenters. The van der Waals surface area contributed by atoms with Crippen molar-refractivity contribution in [2.75, 3.05) is 6.61 Å². The van der Waals surface area contributed by atoms with Crippen LogP contribution in [0.4, 0.5) is 0 Å². The molecule has 1 aromatic heterocycles. The number of hydrogen-bond donors (Lipinski definition) is 0. The minimum atomic E-state index is -0.590. The number of pyridine rings is 1. The molecule has 4 rings (SSSR count). The summed E-state index contributed by atoms with van der Waals surface area (Å²) in [5, 5.41) is 1.18. The van der Waals surface area contributed by atoms with Gasteiger partial charge in [0.15, 0.2) is 12.4 Å². The largest absolute Gasteiger partial charge is 0.454 e. The molecular weight excluding hydrogens is 466 g/mol. The van der Waals surface area contributed by atoms with Gasteiger partial charge in [-0.1, -0.05) is 76.1 Å². The number of benzene rings is 3. The fourth-order valence-corrected chi connectivity index (χ4v) is 3.58. The lowest BCUT2D eigenvalue weighted by Gasteiger charge is -2.11. The molecule has 0 aliphatic heterocycles. The fourth-order valence-electron chi connectivity index (χ4n) is 3.08. The predicted molar refractivity (Wildman–Crippen MR) is 121 cm³/mol. The number of para-hydroxylation sites is 1. The summed E-state index contributed by atoms with van der Waals surface area (Å²) >= 11 is 9.65. The maximum atomic E-state index is 12.9. The average molecular weight is 481 g/mol. The molecule has 4 nitrogen and oxygen atoms in total. The number of ketones is 1. The number of Topliss-reactive ketones (excluding diaryl/α,β-unsaturated/α-hetero) is 1. The second-order valence-electron chi connectivity index (χ2n) is 6.56. The number of carbonyl (C=O) groups is 2. The van der Waals surface area contributed by atoms with Crippen molar-refractivity contribution in [3.8, 4) is 11.3 Å². The zero-order valence-electron chi connectivity index (χ0n) is 15.6. The van der Waals surface area contributed by atoms with E-state index in [1.165, 1.54) is 0 Å². The van der Waals surface area contributed by atoms with Gasteiger partial charge in [0, 0.05) is 26.0 Å². The molecule has 0 saturated heterocycles. The number of fused-ring (bicyclic) bond motifs is 1. The minimum Gasteiger partial charge on any atom is -0.454 e. The van der Waals surface area contributed by atoms with E-state index >= 15 is 0 Å². The molecule has 0 spiro atoms. The number of aromatic nitrogens is 1. The Balaban J connectivity index is 1.65. The smallest absolute Gasteiger partial charge is 0.339 e. The summed E-state index contributed by atoms with van der Waals surface area (Å²) in [5.74, 6) is -0.868. The van der Waals surface area contributed by atoms with Crippen LogP contribution in [0, 0.1) is 0 Å². The molecule has 0 bridgehead atoms. The Bertz CT molecular complexity index is 1260. The van der Waals surface area contributed by atoms with Crippen molar-refractivity contribution in [3.05, 3.63) is 99.5 Å². The molecule has 30 heavy (non-hydrogen) atoms. The summed E-state index contributed by atoms with van der Waals surface area (Å²) in [5.41, 5.74) is 2.72. The molecule has 0 amide bonds. The highest BCUT2D eigenvalue weighted by molar-refractivity contribution is 9.10. The van der Waals surface area contributed by atoms with E-state index in [9.17, 15) is 9.59 Å². The van der Waals surface area contributed by atoms with E-state index in [4.69, 9.17) is 16.3 Å². The molecule has 0 aliphatic rings. The standard InChI is InChI=1S/C24H15BrClNO3/c25-16-11-9-15(10-12-16)23(28)14-30-24(29)19-13-22(18-6-1-3-7-20(18)26)27-21-8-4-2-5-17(19)21/h1-13H,14H2. The van der Waals surface area contributed by atoms with Crippen LogP contribution >= 0.6 is 27.5 Å². The van der Waals surface area contributed by atoms with Gasteiger partial charge in [-0.25, -0.2) is 9.78 Å². The first kappa shape index (κ1) is 20.3. The molecule has 0 radical (unpaired) electrons. The summed E-state index contributed by atoms with van der Waals surface area (Å²) in [6.45, 7) is -0.349. The summed E-state index contributed by atoms with van der Waals surface area (Å²) in [6, 6.07) is 23.1. The average Bonchev–Trinajstić information content (AvgIpc) is 2.77. The third-order valence-corrected chi connectivity index (χ3v) is 5.44. The van der Waals surface area contributed by atoms with Gasteiger partial charge in [-0.05, 0) is 30.3 Å². The molecule has 4 aromatic rings. The van der Waals surface area contributed by atoms with Gasteiger partial charge in [-0.2, -0.15) is 0 Å². The lowest BCUT2D eigenvalue weighted by atomic mass is 10.0. The summed E-state index contributed by atoms with van der Waals surface area (Å²) in [6.07, 6.45) is 0. The van der Waals surface area contributed by atoms with E-state index in [2.05, 4.69) is 20.9 Å². The van der Waals surface area contributed by atoms with Gasteiger partial charge in [-0.3, -0.25) is 4.79 Å². The van der Waals surface area contributed by atoms with Gasteiger partial charge < -0.3 is 4.74 Å². The molecule has 0 fully saturated rings. The Morgan fingerprint density at radius 3 is 2.40 bits per heavy atom. The normalized spacial score (nSPS) is 10.7. The molecule has 0 saturated carbocycles. The molecular formula is C24H15BrClNO3. The highest BCUT2D eigenvalue weighted by Crippen LogP contribution is 2.30. The van der Waals surface area contributed by atoms with Gasteiger partial charge in [0.1, 0.15) is 0 Å². The van der Waals surface area contributed by atoms with Crippen molar-refractivity contribution in [2.24, 2.45) is 0 Å². The maximum absolute atomic E-state index is 12.9. The van der Waals surface area contributed by atoms with Crippen molar-refractivity contribution in [1.29, 1.82) is 0 Å². The molecule has 0 unspecified atom stereocenters. The first-order valence-corrected chi connectivity index (χ1v) is 10.3. The SMILES string of the molecule is O=C(COC(=O)c1cc(-c2ccccc2Cl)nc2ccccc12)c1ccc(Br)cc1. The lowest BCUT2D eigenvalue weighted by molar-refractivity contribution is 0.0476. The zero-order valence-corrected chi connectivity index (χ0v) is 18.0. The Hall–Kier alpha value is -3.02. The minimum absolute atomic E-state index is 0.277. The van der Waals surface area contributed by atoms with Crippen molar-refractivity contribution < 1.29 is 14.3 Å². The van der Waals surface area contributed by atoms with Crippen LogP contribution in [0.15, 0.2) is 83.3 Å².